The average Bonchev–Trinajstić information content (AvgIpc) is 2.38. The first-order chi connectivity index (χ1) is 9.29. The Morgan fingerprint density at radius 3 is 2.55 bits per heavy atom. The van der Waals surface area contributed by atoms with Crippen LogP contribution in [0, 0.1) is 0 Å². The van der Waals surface area contributed by atoms with Gasteiger partial charge < -0.3 is 5.73 Å². The molecule has 0 aliphatic heterocycles. The van der Waals surface area contributed by atoms with E-state index in [0.29, 0.717) is 0 Å². The number of aromatic nitrogens is 2. The number of primary amides is 1. The summed E-state index contributed by atoms with van der Waals surface area (Å²) in [5, 5.41) is 3.80. The van der Waals surface area contributed by atoms with Crippen LogP contribution in [0.15, 0.2) is 46.1 Å². The highest BCUT2D eigenvalue weighted by Gasteiger charge is 2.11. The topological polar surface area (TPSA) is 112 Å². The van der Waals surface area contributed by atoms with E-state index in [1.807, 2.05) is 0 Å². The van der Waals surface area contributed by atoms with Gasteiger partial charge in [-0.2, -0.15) is 9.78 Å². The monoisotopic (exact) mass is 293 g/mol. The maximum Gasteiger partial charge on any atom is 0.271 e. The van der Waals surface area contributed by atoms with Gasteiger partial charge in [-0.1, -0.05) is 6.07 Å². The third kappa shape index (κ3) is 2.75. The number of hydrogen-bond acceptors (Lipinski definition) is 5. The van der Waals surface area contributed by atoms with E-state index in [2.05, 4.69) is 5.10 Å². The Hall–Kier alpha value is -2.48. The Morgan fingerprint density at radius 1 is 1.25 bits per heavy atom. The fourth-order valence-corrected chi connectivity index (χ4v) is 2.23. The summed E-state index contributed by atoms with van der Waals surface area (Å²) in [5.74, 6) is -0.780. The molecule has 0 aliphatic carbocycles. The molecule has 2 N–H and O–H groups in total. The molecule has 7 nitrogen and oxygen atoms in total. The van der Waals surface area contributed by atoms with E-state index in [1.165, 1.54) is 30.3 Å². The van der Waals surface area contributed by atoms with Gasteiger partial charge in [-0.15, -0.1) is 0 Å². The van der Waals surface area contributed by atoms with Gasteiger partial charge in [-0.3, -0.25) is 9.59 Å². The molecule has 1 amide bonds. The molecule has 8 heteroatoms. The van der Waals surface area contributed by atoms with E-state index in [1.54, 1.807) is 0 Å². The van der Waals surface area contributed by atoms with Gasteiger partial charge in [0.1, 0.15) is 5.69 Å². The van der Waals surface area contributed by atoms with Crippen molar-refractivity contribution in [3.05, 3.63) is 52.4 Å². The van der Waals surface area contributed by atoms with Gasteiger partial charge in [0.15, 0.2) is 9.84 Å². The second-order valence-electron chi connectivity index (χ2n) is 4.10. The van der Waals surface area contributed by atoms with Crippen molar-refractivity contribution in [3.63, 3.8) is 0 Å². The second-order valence-corrected chi connectivity index (χ2v) is 6.12. The first-order valence-electron chi connectivity index (χ1n) is 5.50. The molecule has 2 aromatic rings. The zero-order chi connectivity index (χ0) is 14.9. The summed E-state index contributed by atoms with van der Waals surface area (Å²) >= 11 is 0. The average molecular weight is 293 g/mol. The molecule has 0 radical (unpaired) electrons. The third-order valence-electron chi connectivity index (χ3n) is 2.54. The normalized spacial score (nSPS) is 11.2. The van der Waals surface area contributed by atoms with E-state index >= 15 is 0 Å². The van der Waals surface area contributed by atoms with Crippen LogP contribution in [-0.2, 0) is 9.84 Å². The number of carbonyl (C=O) groups excluding carboxylic acids is 1. The van der Waals surface area contributed by atoms with Crippen molar-refractivity contribution in [2.75, 3.05) is 6.26 Å². The van der Waals surface area contributed by atoms with E-state index in [9.17, 15) is 18.0 Å². The smallest absolute Gasteiger partial charge is 0.271 e. The minimum atomic E-state index is -3.41. The zero-order valence-corrected chi connectivity index (χ0v) is 11.3. The van der Waals surface area contributed by atoms with Crippen LogP contribution in [0.5, 0.6) is 0 Å². The predicted octanol–water partition coefficient (Wildman–Crippen LogP) is -0.265. The molecule has 1 aromatic carbocycles. The number of benzene rings is 1. The molecule has 0 fully saturated rings. The molecule has 1 aromatic heterocycles. The first kappa shape index (κ1) is 13.9. The van der Waals surface area contributed by atoms with Crippen LogP contribution in [0.2, 0.25) is 0 Å². The van der Waals surface area contributed by atoms with Gasteiger partial charge in [-0.25, -0.2) is 8.42 Å². The molecular weight excluding hydrogens is 282 g/mol. The lowest BCUT2D eigenvalue weighted by Gasteiger charge is -2.06. The molecule has 0 spiro atoms. The van der Waals surface area contributed by atoms with Gasteiger partial charge >= 0.3 is 0 Å². The number of sulfone groups is 1. The van der Waals surface area contributed by atoms with Crippen LogP contribution in [0.1, 0.15) is 10.5 Å². The molecule has 0 aliphatic rings. The van der Waals surface area contributed by atoms with Crippen LogP contribution >= 0.6 is 0 Å². The van der Waals surface area contributed by atoms with Crippen LogP contribution < -0.4 is 11.3 Å². The van der Waals surface area contributed by atoms with E-state index in [0.717, 1.165) is 17.0 Å². The summed E-state index contributed by atoms with van der Waals surface area (Å²) in [5.41, 5.74) is 4.75. The van der Waals surface area contributed by atoms with Crippen molar-refractivity contribution in [3.8, 4) is 5.69 Å². The van der Waals surface area contributed by atoms with E-state index in [4.69, 9.17) is 5.73 Å². The van der Waals surface area contributed by atoms with Gasteiger partial charge in [-0.05, 0) is 24.3 Å². The first-order valence-corrected chi connectivity index (χ1v) is 7.39. The number of amides is 1. The molecular formula is C12H11N3O4S. The molecule has 104 valence electrons. The predicted molar refractivity (Wildman–Crippen MR) is 71.5 cm³/mol. The minimum absolute atomic E-state index is 0.0492. The van der Waals surface area contributed by atoms with Crippen molar-refractivity contribution in [1.29, 1.82) is 0 Å². The standard InChI is InChI=1S/C12H11N3O4S/c1-20(18,19)9-4-2-3-8(7-9)15-11(16)6-5-10(14-15)12(13)17/h2-7H,1H3,(H2,13,17). The largest absolute Gasteiger partial charge is 0.364 e. The summed E-state index contributed by atoms with van der Waals surface area (Å²) < 4.78 is 23.9. The summed E-state index contributed by atoms with van der Waals surface area (Å²) in [4.78, 5) is 22.9. The maximum absolute atomic E-state index is 11.8. The van der Waals surface area contributed by atoms with Crippen LogP contribution in [0.3, 0.4) is 0 Å². The van der Waals surface area contributed by atoms with Crippen molar-refractivity contribution in [1.82, 2.24) is 9.78 Å². The Morgan fingerprint density at radius 2 is 1.95 bits per heavy atom. The van der Waals surface area contributed by atoms with Gasteiger partial charge in [0.25, 0.3) is 11.5 Å². The summed E-state index contributed by atoms with van der Waals surface area (Å²) in [6.45, 7) is 0. The zero-order valence-electron chi connectivity index (χ0n) is 10.5. The Bertz CT molecular complexity index is 840. The van der Waals surface area contributed by atoms with Crippen LogP contribution in [-0.4, -0.2) is 30.4 Å². The highest BCUT2D eigenvalue weighted by Crippen LogP contribution is 2.13. The van der Waals surface area contributed by atoms with Crippen LogP contribution in [0.4, 0.5) is 0 Å². The fraction of sp³-hybridized carbons (Fsp3) is 0.0833. The SMILES string of the molecule is CS(=O)(=O)c1cccc(-n2nc(C(N)=O)ccc2=O)c1. The molecule has 20 heavy (non-hydrogen) atoms. The summed E-state index contributed by atoms with van der Waals surface area (Å²) in [6, 6.07) is 8.04. The number of nitrogens with two attached hydrogens (primary N) is 1. The van der Waals surface area contributed by atoms with E-state index < -0.39 is 21.3 Å². The summed E-state index contributed by atoms with van der Waals surface area (Å²) in [7, 11) is -3.41. The molecule has 0 atom stereocenters. The lowest BCUT2D eigenvalue weighted by atomic mass is 10.3. The number of rotatable bonds is 3. The van der Waals surface area contributed by atoms with Crippen molar-refractivity contribution in [2.45, 2.75) is 4.90 Å². The lowest BCUT2D eigenvalue weighted by Crippen LogP contribution is -2.25. The Labute approximate surface area is 114 Å². The summed E-state index contributed by atoms with van der Waals surface area (Å²) in [6.07, 6.45) is 1.06. The molecule has 1 heterocycles. The minimum Gasteiger partial charge on any atom is -0.364 e. The fourth-order valence-electron chi connectivity index (χ4n) is 1.57. The maximum atomic E-state index is 11.8. The second kappa shape index (κ2) is 4.89. The highest BCUT2D eigenvalue weighted by atomic mass is 32.2. The number of hydrogen-bond donors (Lipinski definition) is 1. The van der Waals surface area contributed by atoms with Gasteiger partial charge in [0.2, 0.25) is 0 Å². The highest BCUT2D eigenvalue weighted by molar-refractivity contribution is 7.90. The molecule has 0 saturated carbocycles. The number of nitrogens with zero attached hydrogens (tertiary/aromatic N) is 2. The molecule has 0 unspecified atom stereocenters. The Balaban J connectivity index is 2.66. The molecule has 2 rings (SSSR count). The van der Waals surface area contributed by atoms with Crippen molar-refractivity contribution >= 4 is 15.7 Å². The third-order valence-corrected chi connectivity index (χ3v) is 3.65. The quantitative estimate of drug-likeness (QED) is 0.837. The van der Waals surface area contributed by atoms with Crippen molar-refractivity contribution in [2.24, 2.45) is 5.73 Å². The Kier molecular flexibility index (Phi) is 3.41. The van der Waals surface area contributed by atoms with Crippen LogP contribution in [0.25, 0.3) is 5.69 Å². The molecule has 0 saturated heterocycles. The lowest BCUT2D eigenvalue weighted by molar-refractivity contribution is 0.0994. The number of carbonyl (C=O) groups is 1. The van der Waals surface area contributed by atoms with E-state index in [-0.39, 0.29) is 16.3 Å². The molecule has 0 bridgehead atoms. The van der Waals surface area contributed by atoms with Crippen molar-refractivity contribution < 1.29 is 13.2 Å². The van der Waals surface area contributed by atoms with Gasteiger partial charge in [0, 0.05) is 12.3 Å². The van der Waals surface area contributed by atoms with Gasteiger partial charge in [0.05, 0.1) is 10.6 Å².